The highest BCUT2D eigenvalue weighted by atomic mass is 16.4. The molecule has 0 saturated heterocycles. The van der Waals surface area contributed by atoms with Crippen LogP contribution in [0, 0.1) is 5.92 Å². The Hall–Kier alpha value is -1.36. The lowest BCUT2D eigenvalue weighted by atomic mass is 9.79. The van der Waals surface area contributed by atoms with E-state index < -0.39 is 11.9 Å². The van der Waals surface area contributed by atoms with Gasteiger partial charge in [0.1, 0.15) is 0 Å². The van der Waals surface area contributed by atoms with Crippen LogP contribution in [0.1, 0.15) is 44.9 Å². The number of carboxylic acids is 1. The van der Waals surface area contributed by atoms with E-state index in [1.807, 2.05) is 7.05 Å². The molecule has 20 heavy (non-hydrogen) atoms. The van der Waals surface area contributed by atoms with Crippen LogP contribution in [0.4, 0.5) is 0 Å². The van der Waals surface area contributed by atoms with Crippen LogP contribution >= 0.6 is 0 Å². The first kappa shape index (κ1) is 15.0. The van der Waals surface area contributed by atoms with Gasteiger partial charge in [0.2, 0.25) is 5.91 Å². The van der Waals surface area contributed by atoms with Crippen molar-refractivity contribution in [2.45, 2.75) is 56.5 Å². The lowest BCUT2D eigenvalue weighted by Crippen LogP contribution is -2.49. The van der Waals surface area contributed by atoms with Gasteiger partial charge in [-0.1, -0.05) is 31.4 Å². The van der Waals surface area contributed by atoms with Crippen LogP contribution in [0.5, 0.6) is 0 Å². The summed E-state index contributed by atoms with van der Waals surface area (Å²) in [5.41, 5.74) is -0.0726. The Balaban J connectivity index is 1.83. The zero-order valence-corrected chi connectivity index (χ0v) is 12.0. The Morgan fingerprint density at radius 1 is 1.25 bits per heavy atom. The van der Waals surface area contributed by atoms with Crippen LogP contribution in [-0.2, 0) is 9.59 Å². The van der Waals surface area contributed by atoms with Crippen LogP contribution in [0.3, 0.4) is 0 Å². The molecular formula is C15H24N2O3. The predicted molar refractivity (Wildman–Crippen MR) is 76.3 cm³/mol. The highest BCUT2D eigenvalue weighted by Gasteiger charge is 2.33. The summed E-state index contributed by atoms with van der Waals surface area (Å²) in [4.78, 5) is 23.0. The van der Waals surface area contributed by atoms with E-state index in [2.05, 4.69) is 10.6 Å². The van der Waals surface area contributed by atoms with Crippen LogP contribution in [0.15, 0.2) is 12.2 Å². The van der Waals surface area contributed by atoms with Crippen molar-refractivity contribution in [3.63, 3.8) is 0 Å². The second-order valence-corrected chi connectivity index (χ2v) is 6.01. The summed E-state index contributed by atoms with van der Waals surface area (Å²) < 4.78 is 0. The summed E-state index contributed by atoms with van der Waals surface area (Å²) in [5, 5.41) is 15.2. The fourth-order valence-electron chi connectivity index (χ4n) is 3.30. The van der Waals surface area contributed by atoms with Gasteiger partial charge >= 0.3 is 5.97 Å². The zero-order valence-electron chi connectivity index (χ0n) is 12.0. The number of rotatable bonds is 5. The van der Waals surface area contributed by atoms with Gasteiger partial charge in [-0.3, -0.25) is 9.59 Å². The number of nitrogens with one attached hydrogen (secondary N) is 2. The van der Waals surface area contributed by atoms with Gasteiger partial charge in [0.15, 0.2) is 0 Å². The molecule has 0 aromatic rings. The number of carbonyl (C=O) groups excluding carboxylic acids is 1. The zero-order chi connectivity index (χ0) is 14.6. The van der Waals surface area contributed by atoms with Gasteiger partial charge < -0.3 is 15.7 Å². The van der Waals surface area contributed by atoms with Crippen molar-refractivity contribution in [1.82, 2.24) is 10.6 Å². The van der Waals surface area contributed by atoms with Crippen molar-refractivity contribution < 1.29 is 14.7 Å². The van der Waals surface area contributed by atoms with E-state index in [-0.39, 0.29) is 17.5 Å². The lowest BCUT2D eigenvalue weighted by molar-refractivity contribution is -0.140. The quantitative estimate of drug-likeness (QED) is 0.666. The van der Waals surface area contributed by atoms with E-state index >= 15 is 0 Å². The van der Waals surface area contributed by atoms with Crippen LogP contribution in [0.25, 0.3) is 0 Å². The topological polar surface area (TPSA) is 78.4 Å². The van der Waals surface area contributed by atoms with Gasteiger partial charge in [-0.2, -0.15) is 0 Å². The summed E-state index contributed by atoms with van der Waals surface area (Å²) in [7, 11) is 1.93. The van der Waals surface area contributed by atoms with Gasteiger partial charge in [0, 0.05) is 18.0 Å². The fourth-order valence-corrected chi connectivity index (χ4v) is 3.30. The van der Waals surface area contributed by atoms with Gasteiger partial charge in [-0.05, 0) is 26.3 Å². The molecule has 0 aliphatic heterocycles. The maximum atomic E-state index is 12.2. The van der Waals surface area contributed by atoms with Crippen molar-refractivity contribution in [1.29, 1.82) is 0 Å². The van der Waals surface area contributed by atoms with E-state index in [0.717, 1.165) is 12.8 Å². The Morgan fingerprint density at radius 3 is 2.50 bits per heavy atom. The van der Waals surface area contributed by atoms with Crippen molar-refractivity contribution in [2.75, 3.05) is 7.05 Å². The van der Waals surface area contributed by atoms with Gasteiger partial charge in [-0.15, -0.1) is 0 Å². The number of hydrogen-bond donors (Lipinski definition) is 3. The highest BCUT2D eigenvalue weighted by Crippen LogP contribution is 2.30. The average molecular weight is 280 g/mol. The van der Waals surface area contributed by atoms with E-state index in [0.29, 0.717) is 12.8 Å². The Labute approximate surface area is 119 Å². The summed E-state index contributed by atoms with van der Waals surface area (Å²) >= 11 is 0. The summed E-state index contributed by atoms with van der Waals surface area (Å²) in [6, 6.07) is -0.138. The molecule has 0 heterocycles. The molecule has 2 aliphatic rings. The second-order valence-electron chi connectivity index (χ2n) is 6.01. The standard InChI is InChI=1S/C15H24N2O3/c1-16-15(7-3-2-4-8-15)10-13(18)17-12-6-5-11(9-12)14(19)20/h5-6,11-12,16H,2-4,7-10H2,1H3,(H,17,18)(H,19,20). The van der Waals surface area contributed by atoms with Gasteiger partial charge in [-0.25, -0.2) is 0 Å². The Bertz CT molecular complexity index is 400. The van der Waals surface area contributed by atoms with Crippen LogP contribution in [-0.4, -0.2) is 35.6 Å². The second kappa shape index (κ2) is 6.39. The maximum Gasteiger partial charge on any atom is 0.310 e. The first-order valence-electron chi connectivity index (χ1n) is 7.44. The molecule has 0 spiro atoms. The molecule has 2 aliphatic carbocycles. The fraction of sp³-hybridized carbons (Fsp3) is 0.733. The molecular weight excluding hydrogens is 256 g/mol. The number of carboxylic acid groups (broad SMARTS) is 1. The minimum atomic E-state index is -0.822. The minimum Gasteiger partial charge on any atom is -0.481 e. The third-order valence-corrected chi connectivity index (χ3v) is 4.59. The highest BCUT2D eigenvalue weighted by molar-refractivity contribution is 5.78. The molecule has 0 radical (unpaired) electrons. The van der Waals surface area contributed by atoms with Crippen molar-refractivity contribution in [2.24, 2.45) is 5.92 Å². The molecule has 1 saturated carbocycles. The molecule has 2 rings (SSSR count). The van der Waals surface area contributed by atoms with Crippen LogP contribution in [0.2, 0.25) is 0 Å². The molecule has 0 aromatic carbocycles. The van der Waals surface area contributed by atoms with E-state index in [9.17, 15) is 9.59 Å². The Morgan fingerprint density at radius 2 is 1.95 bits per heavy atom. The number of hydrogen-bond acceptors (Lipinski definition) is 3. The third-order valence-electron chi connectivity index (χ3n) is 4.59. The molecule has 3 N–H and O–H groups in total. The molecule has 0 bridgehead atoms. The normalized spacial score (nSPS) is 28.2. The molecule has 1 amide bonds. The molecule has 2 unspecified atom stereocenters. The summed E-state index contributed by atoms with van der Waals surface area (Å²) in [5.74, 6) is -1.27. The average Bonchev–Trinajstić information content (AvgIpc) is 2.88. The van der Waals surface area contributed by atoms with Gasteiger partial charge in [0.25, 0.3) is 0 Å². The summed E-state index contributed by atoms with van der Waals surface area (Å²) in [6.07, 6.45) is 10.1. The number of aliphatic carboxylic acids is 1. The molecule has 5 heteroatoms. The van der Waals surface area contributed by atoms with E-state index in [1.54, 1.807) is 12.2 Å². The first-order chi connectivity index (χ1) is 9.54. The first-order valence-corrected chi connectivity index (χ1v) is 7.44. The van der Waals surface area contributed by atoms with Crippen LogP contribution < -0.4 is 10.6 Å². The van der Waals surface area contributed by atoms with E-state index in [4.69, 9.17) is 5.11 Å². The van der Waals surface area contributed by atoms with Gasteiger partial charge in [0.05, 0.1) is 5.92 Å². The van der Waals surface area contributed by atoms with Crippen molar-refractivity contribution >= 4 is 11.9 Å². The number of amides is 1. The minimum absolute atomic E-state index is 0.0157. The molecule has 5 nitrogen and oxygen atoms in total. The monoisotopic (exact) mass is 280 g/mol. The van der Waals surface area contributed by atoms with E-state index in [1.165, 1.54) is 19.3 Å². The van der Waals surface area contributed by atoms with Crippen molar-refractivity contribution in [3.05, 3.63) is 12.2 Å². The summed E-state index contributed by atoms with van der Waals surface area (Å²) in [6.45, 7) is 0. The van der Waals surface area contributed by atoms with Crippen molar-refractivity contribution in [3.8, 4) is 0 Å². The SMILES string of the molecule is CNC1(CC(=O)NC2C=CC(C(=O)O)C2)CCCCC1. The largest absolute Gasteiger partial charge is 0.481 e. The lowest BCUT2D eigenvalue weighted by Gasteiger charge is -2.37. The molecule has 0 aromatic heterocycles. The molecule has 1 fully saturated rings. The molecule has 2 atom stereocenters. The smallest absolute Gasteiger partial charge is 0.310 e. The molecule has 112 valence electrons. The maximum absolute atomic E-state index is 12.2. The third kappa shape index (κ3) is 3.60. The number of carbonyl (C=O) groups is 2. The predicted octanol–water partition coefficient (Wildman–Crippen LogP) is 1.44. The Kier molecular flexibility index (Phi) is 4.81.